The second kappa shape index (κ2) is 16.2. The maximum absolute atomic E-state index is 10.2. The van der Waals surface area contributed by atoms with E-state index in [9.17, 15) is 10.2 Å². The van der Waals surface area contributed by atoms with Gasteiger partial charge in [-0.2, -0.15) is 0 Å². The van der Waals surface area contributed by atoms with Crippen LogP contribution >= 0.6 is 15.9 Å². The smallest absolute Gasteiger partial charge is 0.118 e. The Morgan fingerprint density at radius 3 is 1.31 bits per heavy atom. The SMILES string of the molecule is Oc1cc(Br)c2ccccc2c1.Oc1cc(N(c2ccccc2)c2ccccc2)c2ccccc2c1.c1ccc(Nc2ccccc2)cc1. The second-order valence-corrected chi connectivity index (χ2v) is 12.1. The van der Waals surface area contributed by atoms with Crippen LogP contribution in [-0.2, 0) is 0 Å². The predicted octanol–water partition coefficient (Wildman–Crippen LogP) is 12.8. The fraction of sp³-hybridized carbons (Fsp3) is 0. The number of fused-ring (bicyclic) bond motifs is 2. The highest BCUT2D eigenvalue weighted by molar-refractivity contribution is 9.10. The molecule has 0 atom stereocenters. The van der Waals surface area contributed by atoms with E-state index in [4.69, 9.17) is 0 Å². The number of benzene rings is 8. The molecule has 5 heteroatoms. The van der Waals surface area contributed by atoms with Gasteiger partial charge in [0.1, 0.15) is 11.5 Å². The average molecular weight is 704 g/mol. The Bertz CT molecular complexity index is 2150. The standard InChI is InChI=1S/C22H17NO.C12H11N.C10H7BrO/c24-20-15-17-9-7-8-14-21(17)22(16-20)23(18-10-3-1-4-11-18)19-12-5-2-6-13-19;1-3-7-11(8-4-1)13-12-9-5-2-6-10-12;11-10-6-8(12)5-7-3-1-2-4-9(7)10/h1-16,24H;1-10,13H;1-6,12H. The zero-order chi connectivity index (χ0) is 33.8. The van der Waals surface area contributed by atoms with Crippen molar-refractivity contribution < 1.29 is 10.2 Å². The van der Waals surface area contributed by atoms with Gasteiger partial charge in [0, 0.05) is 38.7 Å². The van der Waals surface area contributed by atoms with Crippen LogP contribution in [0.3, 0.4) is 0 Å². The highest BCUT2D eigenvalue weighted by Gasteiger charge is 2.15. The van der Waals surface area contributed by atoms with Crippen LogP contribution in [0.5, 0.6) is 11.5 Å². The molecule has 0 bridgehead atoms. The summed E-state index contributed by atoms with van der Waals surface area (Å²) in [6.45, 7) is 0. The molecule has 0 radical (unpaired) electrons. The molecule has 0 saturated carbocycles. The van der Waals surface area contributed by atoms with Gasteiger partial charge in [-0.15, -0.1) is 0 Å². The van der Waals surface area contributed by atoms with Crippen LogP contribution in [0.15, 0.2) is 199 Å². The number of phenolic OH excluding ortho intramolecular Hbond substituents is 2. The number of halogens is 1. The Morgan fingerprint density at radius 2 is 0.796 bits per heavy atom. The van der Waals surface area contributed by atoms with E-state index in [-0.39, 0.29) is 5.75 Å². The Kier molecular flexibility index (Phi) is 10.9. The molecule has 8 aromatic rings. The van der Waals surface area contributed by atoms with Gasteiger partial charge in [-0.3, -0.25) is 0 Å². The Labute approximate surface area is 295 Å². The van der Waals surface area contributed by atoms with Crippen molar-refractivity contribution >= 4 is 65.9 Å². The third-order valence-electron chi connectivity index (χ3n) is 7.73. The minimum Gasteiger partial charge on any atom is -0.508 e. The summed E-state index contributed by atoms with van der Waals surface area (Å²) >= 11 is 3.39. The molecule has 0 spiro atoms. The summed E-state index contributed by atoms with van der Waals surface area (Å²) in [5.74, 6) is 0.557. The minimum absolute atomic E-state index is 0.264. The van der Waals surface area contributed by atoms with Gasteiger partial charge in [0.2, 0.25) is 0 Å². The minimum atomic E-state index is 0.264. The number of anilines is 5. The van der Waals surface area contributed by atoms with Gasteiger partial charge in [-0.1, -0.05) is 137 Å². The summed E-state index contributed by atoms with van der Waals surface area (Å²) in [4.78, 5) is 2.17. The van der Waals surface area contributed by atoms with E-state index in [1.807, 2.05) is 146 Å². The first-order valence-electron chi connectivity index (χ1n) is 15.9. The molecule has 0 unspecified atom stereocenters. The van der Waals surface area contributed by atoms with Crippen LogP contribution in [-0.4, -0.2) is 10.2 Å². The van der Waals surface area contributed by atoms with E-state index in [0.717, 1.165) is 54.5 Å². The summed E-state index contributed by atoms with van der Waals surface area (Å²) in [7, 11) is 0. The van der Waals surface area contributed by atoms with Crippen molar-refractivity contribution in [1.29, 1.82) is 0 Å². The highest BCUT2D eigenvalue weighted by atomic mass is 79.9. The van der Waals surface area contributed by atoms with Crippen molar-refractivity contribution in [2.45, 2.75) is 0 Å². The van der Waals surface area contributed by atoms with Crippen LogP contribution in [0.4, 0.5) is 28.4 Å². The fourth-order valence-corrected chi connectivity index (χ4v) is 6.10. The van der Waals surface area contributed by atoms with E-state index >= 15 is 0 Å². The monoisotopic (exact) mass is 702 g/mol. The Morgan fingerprint density at radius 1 is 0.408 bits per heavy atom. The van der Waals surface area contributed by atoms with Gasteiger partial charge >= 0.3 is 0 Å². The predicted molar refractivity (Wildman–Crippen MR) is 210 cm³/mol. The molecule has 240 valence electrons. The first-order chi connectivity index (χ1) is 24.0. The number of para-hydroxylation sites is 4. The third-order valence-corrected chi connectivity index (χ3v) is 8.38. The van der Waals surface area contributed by atoms with Crippen LogP contribution in [0, 0.1) is 0 Å². The molecule has 0 fully saturated rings. The van der Waals surface area contributed by atoms with Crippen molar-refractivity contribution in [3.63, 3.8) is 0 Å². The summed E-state index contributed by atoms with van der Waals surface area (Å²) < 4.78 is 0.929. The van der Waals surface area contributed by atoms with Gasteiger partial charge in [-0.25, -0.2) is 0 Å². The number of nitrogens with zero attached hydrogens (tertiary/aromatic N) is 1. The molecule has 4 nitrogen and oxygen atoms in total. The number of hydrogen-bond acceptors (Lipinski definition) is 4. The zero-order valence-corrected chi connectivity index (χ0v) is 28.3. The maximum Gasteiger partial charge on any atom is 0.118 e. The molecular formula is C44H35BrN2O2. The molecule has 0 amide bonds. The zero-order valence-electron chi connectivity index (χ0n) is 26.7. The fourth-order valence-electron chi connectivity index (χ4n) is 5.50. The molecule has 0 heterocycles. The van der Waals surface area contributed by atoms with Gasteiger partial charge in [0.25, 0.3) is 0 Å². The Balaban J connectivity index is 0.000000140. The molecule has 0 aliphatic heterocycles. The van der Waals surface area contributed by atoms with Gasteiger partial charge in [0.15, 0.2) is 0 Å². The number of phenols is 2. The Hall–Kier alpha value is -6.04. The van der Waals surface area contributed by atoms with Crippen LogP contribution < -0.4 is 10.2 Å². The first kappa shape index (κ1) is 32.9. The molecule has 49 heavy (non-hydrogen) atoms. The summed E-state index contributed by atoms with van der Waals surface area (Å²) in [6, 6.07) is 63.8. The van der Waals surface area contributed by atoms with E-state index < -0.39 is 0 Å². The normalized spacial score (nSPS) is 10.3. The molecule has 0 aliphatic carbocycles. The molecule has 8 rings (SSSR count). The van der Waals surface area contributed by atoms with Gasteiger partial charge in [0.05, 0.1) is 5.69 Å². The van der Waals surface area contributed by atoms with Crippen LogP contribution in [0.25, 0.3) is 21.5 Å². The van der Waals surface area contributed by atoms with E-state index in [1.54, 1.807) is 18.2 Å². The van der Waals surface area contributed by atoms with Gasteiger partial charge in [-0.05, 0) is 82.9 Å². The van der Waals surface area contributed by atoms with Crippen molar-refractivity contribution in [1.82, 2.24) is 0 Å². The summed E-state index contributed by atoms with van der Waals surface area (Å²) in [5, 5.41) is 27.1. The number of hydrogen-bond donors (Lipinski definition) is 3. The number of rotatable bonds is 5. The number of nitrogens with one attached hydrogen (secondary N) is 1. The molecule has 0 saturated heterocycles. The summed E-state index contributed by atoms with van der Waals surface area (Å²) in [6.07, 6.45) is 0. The van der Waals surface area contributed by atoms with Gasteiger partial charge < -0.3 is 20.4 Å². The average Bonchev–Trinajstić information content (AvgIpc) is 3.14. The third kappa shape index (κ3) is 8.66. The quantitative estimate of drug-likeness (QED) is 0.167. The lowest BCUT2D eigenvalue weighted by Crippen LogP contribution is -2.10. The largest absolute Gasteiger partial charge is 0.508 e. The van der Waals surface area contributed by atoms with E-state index in [2.05, 4.69) is 56.5 Å². The molecule has 8 aromatic carbocycles. The lowest BCUT2D eigenvalue weighted by molar-refractivity contribution is 0.475. The lowest BCUT2D eigenvalue weighted by Gasteiger charge is -2.27. The van der Waals surface area contributed by atoms with E-state index in [0.29, 0.717) is 5.75 Å². The molecule has 0 aromatic heterocycles. The molecule has 3 N–H and O–H groups in total. The second-order valence-electron chi connectivity index (χ2n) is 11.2. The van der Waals surface area contributed by atoms with Crippen LogP contribution in [0.1, 0.15) is 0 Å². The molecular weight excluding hydrogens is 668 g/mol. The molecule has 0 aliphatic rings. The van der Waals surface area contributed by atoms with E-state index in [1.165, 1.54) is 0 Å². The first-order valence-corrected chi connectivity index (χ1v) is 16.7. The van der Waals surface area contributed by atoms with Crippen LogP contribution in [0.2, 0.25) is 0 Å². The van der Waals surface area contributed by atoms with Crippen molar-refractivity contribution in [3.05, 3.63) is 199 Å². The number of aromatic hydroxyl groups is 2. The van der Waals surface area contributed by atoms with Crippen molar-refractivity contribution in [2.24, 2.45) is 0 Å². The topological polar surface area (TPSA) is 55.7 Å². The van der Waals surface area contributed by atoms with Crippen molar-refractivity contribution in [3.8, 4) is 11.5 Å². The lowest BCUT2D eigenvalue weighted by atomic mass is 10.1. The highest BCUT2D eigenvalue weighted by Crippen LogP contribution is 2.40. The summed E-state index contributed by atoms with van der Waals surface area (Å²) in [5.41, 5.74) is 5.31. The maximum atomic E-state index is 10.2. The van der Waals surface area contributed by atoms with Crippen molar-refractivity contribution in [2.75, 3.05) is 10.2 Å².